The van der Waals surface area contributed by atoms with Gasteiger partial charge >= 0.3 is 0 Å². The van der Waals surface area contributed by atoms with E-state index in [4.69, 9.17) is 9.11 Å². The summed E-state index contributed by atoms with van der Waals surface area (Å²) in [6.07, 6.45) is 1.36. The highest BCUT2D eigenvalue weighted by Gasteiger charge is 1.95. The van der Waals surface area contributed by atoms with E-state index in [1.165, 1.54) is 6.26 Å². The standard InChI is InChI=1S/C3H11NO2S.C2H6/c1-3-4-7(2,5)6;1-2/h4-6H,3H2,1-2H3;1-2H3. The van der Waals surface area contributed by atoms with Crippen molar-refractivity contribution in [3.8, 4) is 0 Å². The Hall–Kier alpha value is 0.230. The van der Waals surface area contributed by atoms with Gasteiger partial charge in [-0.25, -0.2) is 4.72 Å². The maximum Gasteiger partial charge on any atom is 0.0416 e. The fourth-order valence-corrected chi connectivity index (χ4v) is 0.820. The molecule has 0 unspecified atom stereocenters. The highest BCUT2D eigenvalue weighted by atomic mass is 32.3. The first-order chi connectivity index (χ1) is 4.06. The van der Waals surface area contributed by atoms with Gasteiger partial charge in [-0.3, -0.25) is 9.11 Å². The van der Waals surface area contributed by atoms with E-state index in [1.54, 1.807) is 0 Å². The molecular formula is C5H17NO2S. The van der Waals surface area contributed by atoms with E-state index in [9.17, 15) is 0 Å². The molecule has 0 fully saturated rings. The average molecular weight is 155 g/mol. The molecule has 0 atom stereocenters. The van der Waals surface area contributed by atoms with Crippen LogP contribution < -0.4 is 4.72 Å². The third kappa shape index (κ3) is 17.9. The average Bonchev–Trinajstić information content (AvgIpc) is 1.69. The van der Waals surface area contributed by atoms with Gasteiger partial charge in [0.25, 0.3) is 0 Å². The van der Waals surface area contributed by atoms with Crippen molar-refractivity contribution in [3.63, 3.8) is 0 Å². The molecule has 0 amide bonds. The molecule has 0 aromatic rings. The van der Waals surface area contributed by atoms with Crippen LogP contribution in [0.2, 0.25) is 0 Å². The number of hydrogen-bond donors (Lipinski definition) is 3. The molecule has 0 radical (unpaired) electrons. The van der Waals surface area contributed by atoms with Crippen LogP contribution in [-0.4, -0.2) is 21.9 Å². The largest absolute Gasteiger partial charge is 0.286 e. The van der Waals surface area contributed by atoms with Gasteiger partial charge in [0.15, 0.2) is 0 Å². The van der Waals surface area contributed by atoms with Gasteiger partial charge in [-0.2, -0.15) is 0 Å². The second-order valence-corrected chi connectivity index (χ2v) is 3.29. The van der Waals surface area contributed by atoms with Crippen molar-refractivity contribution in [2.24, 2.45) is 0 Å². The Morgan fingerprint density at radius 1 is 1.33 bits per heavy atom. The van der Waals surface area contributed by atoms with Crippen molar-refractivity contribution in [1.29, 1.82) is 0 Å². The van der Waals surface area contributed by atoms with Crippen LogP contribution in [0.25, 0.3) is 0 Å². The van der Waals surface area contributed by atoms with E-state index in [-0.39, 0.29) is 0 Å². The molecule has 9 heavy (non-hydrogen) atoms. The zero-order chi connectivity index (χ0) is 7.91. The number of hydrogen-bond acceptors (Lipinski definition) is 3. The van der Waals surface area contributed by atoms with Crippen molar-refractivity contribution < 1.29 is 9.11 Å². The summed E-state index contributed by atoms with van der Waals surface area (Å²) in [5.74, 6) is 0. The molecule has 0 aliphatic carbocycles. The van der Waals surface area contributed by atoms with Crippen LogP contribution >= 0.6 is 10.8 Å². The summed E-state index contributed by atoms with van der Waals surface area (Å²) < 4.78 is 19.6. The van der Waals surface area contributed by atoms with Crippen LogP contribution in [0, 0.1) is 0 Å². The second kappa shape index (κ2) is 6.35. The second-order valence-electron chi connectivity index (χ2n) is 1.33. The van der Waals surface area contributed by atoms with Crippen LogP contribution in [0.5, 0.6) is 0 Å². The Morgan fingerprint density at radius 3 is 1.67 bits per heavy atom. The summed E-state index contributed by atoms with van der Waals surface area (Å²) in [4.78, 5) is 0. The molecule has 0 spiro atoms. The van der Waals surface area contributed by atoms with E-state index in [2.05, 4.69) is 4.72 Å². The van der Waals surface area contributed by atoms with Gasteiger partial charge in [0.05, 0.1) is 0 Å². The molecule has 0 bridgehead atoms. The molecule has 0 aliphatic rings. The first kappa shape index (κ1) is 12.0. The molecule has 0 rings (SSSR count). The van der Waals surface area contributed by atoms with Gasteiger partial charge in [-0.1, -0.05) is 20.8 Å². The Balaban J connectivity index is 0. The molecule has 60 valence electrons. The fourth-order valence-electron chi connectivity index (χ4n) is 0.273. The van der Waals surface area contributed by atoms with Gasteiger partial charge in [0, 0.05) is 12.8 Å². The normalized spacial score (nSPS) is 11.8. The lowest BCUT2D eigenvalue weighted by Crippen LogP contribution is -2.17. The molecule has 0 heterocycles. The zero-order valence-electron chi connectivity index (χ0n) is 6.51. The minimum atomic E-state index is -2.42. The first-order valence-electron chi connectivity index (χ1n) is 3.04. The van der Waals surface area contributed by atoms with Crippen LogP contribution in [0.4, 0.5) is 0 Å². The van der Waals surface area contributed by atoms with E-state index in [1.807, 2.05) is 20.8 Å². The number of rotatable bonds is 2. The predicted molar refractivity (Wildman–Crippen MR) is 43.8 cm³/mol. The van der Waals surface area contributed by atoms with Crippen molar-refractivity contribution >= 4 is 10.8 Å². The van der Waals surface area contributed by atoms with Gasteiger partial charge < -0.3 is 0 Å². The van der Waals surface area contributed by atoms with E-state index in [0.717, 1.165) is 0 Å². The molecule has 0 aromatic heterocycles. The Bertz CT molecular complexity index is 53.4. The lowest BCUT2D eigenvalue weighted by Gasteiger charge is -2.26. The van der Waals surface area contributed by atoms with Crippen LogP contribution in [0.15, 0.2) is 0 Å². The summed E-state index contributed by atoms with van der Waals surface area (Å²) in [6.45, 7) is 6.41. The van der Waals surface area contributed by atoms with Crippen LogP contribution in [0.1, 0.15) is 20.8 Å². The van der Waals surface area contributed by atoms with Crippen molar-refractivity contribution in [2.75, 3.05) is 12.8 Å². The predicted octanol–water partition coefficient (Wildman–Crippen LogP) is 1.92. The van der Waals surface area contributed by atoms with Crippen LogP contribution in [0.3, 0.4) is 0 Å². The minimum Gasteiger partial charge on any atom is -0.286 e. The molecule has 0 aliphatic heterocycles. The third-order valence-electron chi connectivity index (χ3n) is 0.418. The quantitative estimate of drug-likeness (QED) is 0.571. The fraction of sp³-hybridized carbons (Fsp3) is 1.00. The van der Waals surface area contributed by atoms with E-state index < -0.39 is 10.8 Å². The smallest absolute Gasteiger partial charge is 0.0416 e. The maximum atomic E-state index is 8.55. The van der Waals surface area contributed by atoms with Crippen molar-refractivity contribution in [3.05, 3.63) is 0 Å². The van der Waals surface area contributed by atoms with E-state index in [0.29, 0.717) is 6.54 Å². The lowest BCUT2D eigenvalue weighted by molar-refractivity contribution is 0.480. The summed E-state index contributed by atoms with van der Waals surface area (Å²) in [7, 11) is -2.42. The summed E-state index contributed by atoms with van der Waals surface area (Å²) in [6, 6.07) is 0. The molecular weight excluding hydrogens is 138 g/mol. The summed E-state index contributed by atoms with van der Waals surface area (Å²) in [5, 5.41) is 0. The molecule has 4 heteroatoms. The molecule has 3 N–H and O–H groups in total. The highest BCUT2D eigenvalue weighted by molar-refractivity contribution is 8.22. The zero-order valence-corrected chi connectivity index (χ0v) is 7.33. The summed E-state index contributed by atoms with van der Waals surface area (Å²) in [5.41, 5.74) is 0. The molecule has 0 saturated carbocycles. The van der Waals surface area contributed by atoms with Crippen molar-refractivity contribution in [2.45, 2.75) is 20.8 Å². The van der Waals surface area contributed by atoms with Gasteiger partial charge in [-0.15, -0.1) is 10.8 Å². The topological polar surface area (TPSA) is 52.5 Å². The minimum absolute atomic E-state index is 0.596. The Morgan fingerprint density at radius 2 is 1.67 bits per heavy atom. The Labute approximate surface area is 59.0 Å². The van der Waals surface area contributed by atoms with Gasteiger partial charge in [0.1, 0.15) is 0 Å². The molecule has 0 aromatic carbocycles. The summed E-state index contributed by atoms with van der Waals surface area (Å²) >= 11 is 0. The van der Waals surface area contributed by atoms with Gasteiger partial charge in [-0.05, 0) is 0 Å². The highest BCUT2D eigenvalue weighted by Crippen LogP contribution is 2.25. The first-order valence-corrected chi connectivity index (χ1v) is 4.99. The van der Waals surface area contributed by atoms with Crippen LogP contribution in [-0.2, 0) is 0 Å². The molecule has 0 saturated heterocycles. The SMILES string of the molecule is CC.CCNS(C)(O)O. The molecule has 3 nitrogen and oxygen atoms in total. The van der Waals surface area contributed by atoms with Gasteiger partial charge in [0.2, 0.25) is 0 Å². The lowest BCUT2D eigenvalue weighted by atomic mass is 10.8. The van der Waals surface area contributed by atoms with E-state index >= 15 is 0 Å². The Kier molecular flexibility index (Phi) is 8.44. The maximum absolute atomic E-state index is 8.55. The monoisotopic (exact) mass is 155 g/mol. The number of nitrogens with one attached hydrogen (secondary N) is 1. The third-order valence-corrected chi connectivity index (χ3v) is 1.25. The van der Waals surface area contributed by atoms with Crippen molar-refractivity contribution in [1.82, 2.24) is 4.72 Å².